The topological polar surface area (TPSA) is 61.8 Å². The predicted molar refractivity (Wildman–Crippen MR) is 70.8 cm³/mol. The standard InChI is InChI=1S/C13H26N2O3/c1-3-5-12(13(16)17)15(8-9-18-2)10-11-6-4-7-14-11/h11-12,14H,3-10H2,1-2H3,(H,16,17). The van der Waals surface area contributed by atoms with E-state index in [-0.39, 0.29) is 6.04 Å². The van der Waals surface area contributed by atoms with Crippen LogP contribution in [-0.4, -0.2) is 61.4 Å². The molecule has 1 saturated heterocycles. The Hall–Kier alpha value is -0.650. The average Bonchev–Trinajstić information content (AvgIpc) is 2.84. The lowest BCUT2D eigenvalue weighted by Gasteiger charge is -2.30. The number of nitrogens with zero attached hydrogens (tertiary/aromatic N) is 1. The molecule has 0 aliphatic carbocycles. The zero-order valence-corrected chi connectivity index (χ0v) is 11.5. The summed E-state index contributed by atoms with van der Waals surface area (Å²) in [6.07, 6.45) is 3.92. The van der Waals surface area contributed by atoms with Crippen molar-refractivity contribution in [1.82, 2.24) is 10.2 Å². The van der Waals surface area contributed by atoms with Gasteiger partial charge < -0.3 is 15.2 Å². The highest BCUT2D eigenvalue weighted by molar-refractivity contribution is 5.73. The van der Waals surface area contributed by atoms with E-state index in [4.69, 9.17) is 4.74 Å². The van der Waals surface area contributed by atoms with Crippen molar-refractivity contribution in [2.24, 2.45) is 0 Å². The minimum atomic E-state index is -0.717. The van der Waals surface area contributed by atoms with E-state index in [0.29, 0.717) is 25.6 Å². The van der Waals surface area contributed by atoms with E-state index in [2.05, 4.69) is 10.2 Å². The number of carbonyl (C=O) groups is 1. The molecule has 0 bridgehead atoms. The third-order valence-corrected chi connectivity index (χ3v) is 3.49. The molecular formula is C13H26N2O3. The van der Waals surface area contributed by atoms with Gasteiger partial charge in [0.1, 0.15) is 6.04 Å². The Morgan fingerprint density at radius 2 is 2.39 bits per heavy atom. The van der Waals surface area contributed by atoms with Gasteiger partial charge in [-0.2, -0.15) is 0 Å². The van der Waals surface area contributed by atoms with E-state index in [9.17, 15) is 9.90 Å². The first-order valence-electron chi connectivity index (χ1n) is 6.88. The number of ether oxygens (including phenoxy) is 1. The second kappa shape index (κ2) is 8.45. The molecule has 2 unspecified atom stereocenters. The van der Waals surface area contributed by atoms with Gasteiger partial charge in [0, 0.05) is 26.2 Å². The predicted octanol–water partition coefficient (Wildman–Crippen LogP) is 0.940. The van der Waals surface area contributed by atoms with Crippen LogP contribution >= 0.6 is 0 Å². The molecule has 2 N–H and O–H groups in total. The zero-order chi connectivity index (χ0) is 13.4. The molecule has 1 fully saturated rings. The Bertz CT molecular complexity index is 242. The van der Waals surface area contributed by atoms with Crippen molar-refractivity contribution in [2.75, 3.05) is 33.4 Å². The number of hydrogen-bond donors (Lipinski definition) is 2. The SMILES string of the molecule is CCCC(C(=O)O)N(CCOC)CC1CCCN1. The lowest BCUT2D eigenvalue weighted by atomic mass is 10.1. The molecule has 1 aliphatic heterocycles. The van der Waals surface area contributed by atoms with Crippen LogP contribution in [0.3, 0.4) is 0 Å². The fraction of sp³-hybridized carbons (Fsp3) is 0.923. The molecule has 0 aromatic rings. The number of carboxylic acids is 1. The van der Waals surface area contributed by atoms with E-state index in [1.165, 1.54) is 6.42 Å². The lowest BCUT2D eigenvalue weighted by molar-refractivity contribution is -0.144. The maximum Gasteiger partial charge on any atom is 0.320 e. The van der Waals surface area contributed by atoms with E-state index < -0.39 is 5.97 Å². The summed E-state index contributed by atoms with van der Waals surface area (Å²) in [5.74, 6) is -0.717. The highest BCUT2D eigenvalue weighted by Crippen LogP contribution is 2.13. The number of methoxy groups -OCH3 is 1. The third kappa shape index (κ3) is 4.92. The molecule has 0 radical (unpaired) electrons. The van der Waals surface area contributed by atoms with Crippen molar-refractivity contribution in [1.29, 1.82) is 0 Å². The molecule has 0 aromatic heterocycles. The van der Waals surface area contributed by atoms with Gasteiger partial charge in [0.15, 0.2) is 0 Å². The number of rotatable bonds is 9. The van der Waals surface area contributed by atoms with Crippen LogP contribution in [0.1, 0.15) is 32.6 Å². The minimum Gasteiger partial charge on any atom is -0.480 e. The first-order valence-corrected chi connectivity index (χ1v) is 6.88. The summed E-state index contributed by atoms with van der Waals surface area (Å²) in [6, 6.07) is 0.0492. The van der Waals surface area contributed by atoms with Crippen LogP contribution in [0.15, 0.2) is 0 Å². The van der Waals surface area contributed by atoms with Crippen LogP contribution < -0.4 is 5.32 Å². The van der Waals surface area contributed by atoms with E-state index in [1.807, 2.05) is 6.92 Å². The second-order valence-corrected chi connectivity index (χ2v) is 4.92. The second-order valence-electron chi connectivity index (χ2n) is 4.92. The molecule has 5 heteroatoms. The summed E-state index contributed by atoms with van der Waals surface area (Å²) >= 11 is 0. The molecule has 0 saturated carbocycles. The molecule has 0 amide bonds. The summed E-state index contributed by atoms with van der Waals surface area (Å²) < 4.78 is 5.09. The molecule has 1 rings (SSSR count). The van der Waals surface area contributed by atoms with Crippen LogP contribution in [0.25, 0.3) is 0 Å². The van der Waals surface area contributed by atoms with Gasteiger partial charge in [-0.25, -0.2) is 0 Å². The maximum atomic E-state index is 11.4. The van der Waals surface area contributed by atoms with Gasteiger partial charge in [-0.15, -0.1) is 0 Å². The van der Waals surface area contributed by atoms with Crippen molar-refractivity contribution < 1.29 is 14.6 Å². The molecule has 0 aromatic carbocycles. The van der Waals surface area contributed by atoms with Gasteiger partial charge >= 0.3 is 5.97 Å². The van der Waals surface area contributed by atoms with Crippen LogP contribution in [0.4, 0.5) is 0 Å². The van der Waals surface area contributed by atoms with Gasteiger partial charge in [0.05, 0.1) is 6.61 Å². The van der Waals surface area contributed by atoms with Crippen LogP contribution in [0.2, 0.25) is 0 Å². The van der Waals surface area contributed by atoms with E-state index in [1.54, 1.807) is 7.11 Å². The van der Waals surface area contributed by atoms with Crippen molar-refractivity contribution in [3.05, 3.63) is 0 Å². The minimum absolute atomic E-state index is 0.382. The lowest BCUT2D eigenvalue weighted by Crippen LogP contribution is -2.48. The van der Waals surface area contributed by atoms with E-state index >= 15 is 0 Å². The monoisotopic (exact) mass is 258 g/mol. The summed E-state index contributed by atoms with van der Waals surface area (Å²) in [7, 11) is 1.65. The van der Waals surface area contributed by atoms with E-state index in [0.717, 1.165) is 25.9 Å². The first kappa shape index (κ1) is 15.4. The van der Waals surface area contributed by atoms with Crippen molar-refractivity contribution in [3.8, 4) is 0 Å². The quantitative estimate of drug-likeness (QED) is 0.644. The van der Waals surface area contributed by atoms with Crippen molar-refractivity contribution in [2.45, 2.75) is 44.7 Å². The highest BCUT2D eigenvalue weighted by atomic mass is 16.5. The van der Waals surface area contributed by atoms with Crippen LogP contribution in [-0.2, 0) is 9.53 Å². The largest absolute Gasteiger partial charge is 0.480 e. The summed E-state index contributed by atoms with van der Waals surface area (Å²) in [5, 5.41) is 12.8. The smallest absolute Gasteiger partial charge is 0.320 e. The Labute approximate surface area is 109 Å². The Morgan fingerprint density at radius 1 is 1.61 bits per heavy atom. The van der Waals surface area contributed by atoms with Gasteiger partial charge in [-0.05, 0) is 25.8 Å². The number of hydrogen-bond acceptors (Lipinski definition) is 4. The van der Waals surface area contributed by atoms with Gasteiger partial charge in [0.2, 0.25) is 0 Å². The average molecular weight is 258 g/mol. The zero-order valence-electron chi connectivity index (χ0n) is 11.5. The maximum absolute atomic E-state index is 11.4. The van der Waals surface area contributed by atoms with Crippen molar-refractivity contribution >= 4 is 5.97 Å². The third-order valence-electron chi connectivity index (χ3n) is 3.49. The molecule has 2 atom stereocenters. The highest BCUT2D eigenvalue weighted by Gasteiger charge is 2.27. The normalized spacial score (nSPS) is 21.4. The van der Waals surface area contributed by atoms with Gasteiger partial charge in [-0.3, -0.25) is 9.69 Å². The molecule has 1 heterocycles. The number of carboxylic acid groups (broad SMARTS) is 1. The Kier molecular flexibility index (Phi) is 7.23. The fourth-order valence-electron chi connectivity index (χ4n) is 2.51. The fourth-order valence-corrected chi connectivity index (χ4v) is 2.51. The molecule has 18 heavy (non-hydrogen) atoms. The Morgan fingerprint density at radius 3 is 2.89 bits per heavy atom. The van der Waals surface area contributed by atoms with Gasteiger partial charge in [0.25, 0.3) is 0 Å². The molecule has 5 nitrogen and oxygen atoms in total. The van der Waals surface area contributed by atoms with Gasteiger partial charge in [-0.1, -0.05) is 13.3 Å². The van der Waals surface area contributed by atoms with Crippen molar-refractivity contribution in [3.63, 3.8) is 0 Å². The molecule has 106 valence electrons. The number of aliphatic carboxylic acids is 1. The summed E-state index contributed by atoms with van der Waals surface area (Å²) in [6.45, 7) is 5.15. The molecule has 1 aliphatic rings. The van der Waals surface area contributed by atoms with Crippen LogP contribution in [0.5, 0.6) is 0 Å². The molecular weight excluding hydrogens is 232 g/mol. The Balaban J connectivity index is 2.57. The molecule has 0 spiro atoms. The van der Waals surface area contributed by atoms with Crippen LogP contribution in [0, 0.1) is 0 Å². The first-order chi connectivity index (χ1) is 8.69. The summed E-state index contributed by atoms with van der Waals surface area (Å²) in [5.41, 5.74) is 0. The summed E-state index contributed by atoms with van der Waals surface area (Å²) in [4.78, 5) is 13.4. The number of nitrogens with one attached hydrogen (secondary N) is 1.